The molecule has 0 aliphatic heterocycles. The molecule has 0 aliphatic rings. The van der Waals surface area contributed by atoms with Crippen LogP contribution in [0.3, 0.4) is 0 Å². The summed E-state index contributed by atoms with van der Waals surface area (Å²) in [5.41, 5.74) is 1.21. The molecule has 1 rings (SSSR count). The quantitative estimate of drug-likeness (QED) is 0.760. The Bertz CT molecular complexity index is 247. The molecule has 1 nitrogen and oxygen atoms in total. The maximum atomic E-state index is 6.00. The smallest absolute Gasteiger partial charge is 0.0438 e. The van der Waals surface area contributed by atoms with Crippen LogP contribution in [0.4, 0.5) is 0 Å². The van der Waals surface area contributed by atoms with Gasteiger partial charge < -0.3 is 5.32 Å². The Morgan fingerprint density at radius 2 is 2.08 bits per heavy atom. The van der Waals surface area contributed by atoms with Crippen LogP contribution in [-0.2, 0) is 6.42 Å². The molecule has 2 heteroatoms. The molecule has 0 amide bonds. The predicted octanol–water partition coefficient (Wildman–Crippen LogP) is 2.49. The van der Waals surface area contributed by atoms with Crippen LogP contribution in [0.15, 0.2) is 24.3 Å². The highest BCUT2D eigenvalue weighted by molar-refractivity contribution is 6.31. The fourth-order valence-electron chi connectivity index (χ4n) is 1.10. The average Bonchev–Trinajstić information content (AvgIpc) is 2.09. The summed E-state index contributed by atoms with van der Waals surface area (Å²) in [4.78, 5) is 0. The molecule has 1 unspecified atom stereocenters. The molecule has 0 bridgehead atoms. The average molecular weight is 184 g/mol. The van der Waals surface area contributed by atoms with Crippen LogP contribution in [0.25, 0.3) is 0 Å². The van der Waals surface area contributed by atoms with Crippen molar-refractivity contribution in [3.63, 3.8) is 0 Å². The highest BCUT2D eigenvalue weighted by Crippen LogP contribution is 2.16. The maximum Gasteiger partial charge on any atom is 0.0438 e. The van der Waals surface area contributed by atoms with Crippen molar-refractivity contribution < 1.29 is 0 Å². The lowest BCUT2D eigenvalue weighted by Gasteiger charge is -2.10. The molecule has 0 saturated carbocycles. The van der Waals surface area contributed by atoms with Gasteiger partial charge in [-0.25, -0.2) is 0 Å². The van der Waals surface area contributed by atoms with Gasteiger partial charge in [0.25, 0.3) is 0 Å². The first kappa shape index (κ1) is 9.56. The van der Waals surface area contributed by atoms with Crippen molar-refractivity contribution in [2.24, 2.45) is 0 Å². The van der Waals surface area contributed by atoms with E-state index >= 15 is 0 Å². The van der Waals surface area contributed by atoms with E-state index in [0.717, 1.165) is 11.4 Å². The molecule has 1 N–H and O–H groups in total. The van der Waals surface area contributed by atoms with Crippen molar-refractivity contribution in [3.8, 4) is 0 Å². The monoisotopic (exact) mass is 183 g/mol. The zero-order chi connectivity index (χ0) is 8.97. The van der Waals surface area contributed by atoms with Crippen molar-refractivity contribution in [2.75, 3.05) is 7.05 Å². The minimum atomic E-state index is 0.477. The number of halogens is 1. The minimum Gasteiger partial charge on any atom is -0.317 e. The summed E-state index contributed by atoms with van der Waals surface area (Å²) in [5.74, 6) is 0. The first-order chi connectivity index (χ1) is 5.74. The summed E-state index contributed by atoms with van der Waals surface area (Å²) >= 11 is 6.00. The fraction of sp³-hybridized carbons (Fsp3) is 0.400. The summed E-state index contributed by atoms with van der Waals surface area (Å²) in [6.07, 6.45) is 0.982. The highest BCUT2D eigenvalue weighted by atomic mass is 35.5. The van der Waals surface area contributed by atoms with Gasteiger partial charge in [-0.1, -0.05) is 29.8 Å². The van der Waals surface area contributed by atoms with E-state index in [4.69, 9.17) is 11.6 Å². The van der Waals surface area contributed by atoms with Crippen molar-refractivity contribution in [3.05, 3.63) is 34.9 Å². The van der Waals surface area contributed by atoms with E-state index in [1.807, 2.05) is 25.2 Å². The standard InChI is InChI=1S/C10H14ClN/c1-8(12-2)7-9-5-3-4-6-10(9)11/h3-6,8,12H,7H2,1-2H3. The minimum absolute atomic E-state index is 0.477. The van der Waals surface area contributed by atoms with Gasteiger partial charge in [0, 0.05) is 11.1 Å². The Labute approximate surface area is 78.7 Å². The third kappa shape index (κ3) is 2.50. The molecule has 0 aromatic heterocycles. The molecule has 0 spiro atoms. The van der Waals surface area contributed by atoms with Crippen molar-refractivity contribution in [1.29, 1.82) is 0 Å². The molecule has 0 saturated heterocycles. The SMILES string of the molecule is CNC(C)Cc1ccccc1Cl. The number of hydrogen-bond donors (Lipinski definition) is 1. The Hall–Kier alpha value is -0.530. The van der Waals surface area contributed by atoms with Gasteiger partial charge in [-0.15, -0.1) is 0 Å². The third-order valence-electron chi connectivity index (χ3n) is 1.98. The van der Waals surface area contributed by atoms with Gasteiger partial charge in [-0.2, -0.15) is 0 Å². The zero-order valence-electron chi connectivity index (χ0n) is 7.47. The first-order valence-corrected chi connectivity index (χ1v) is 4.52. The molecule has 1 atom stereocenters. The summed E-state index contributed by atoms with van der Waals surface area (Å²) in [7, 11) is 1.96. The number of hydrogen-bond acceptors (Lipinski definition) is 1. The van der Waals surface area contributed by atoms with Gasteiger partial charge in [0.05, 0.1) is 0 Å². The lowest BCUT2D eigenvalue weighted by Crippen LogP contribution is -2.23. The lowest BCUT2D eigenvalue weighted by atomic mass is 10.1. The fourth-order valence-corrected chi connectivity index (χ4v) is 1.31. The van der Waals surface area contributed by atoms with Gasteiger partial charge in [0.15, 0.2) is 0 Å². The highest BCUT2D eigenvalue weighted by Gasteiger charge is 2.02. The number of nitrogens with one attached hydrogen (secondary N) is 1. The number of rotatable bonds is 3. The van der Waals surface area contributed by atoms with Crippen molar-refractivity contribution in [1.82, 2.24) is 5.32 Å². The first-order valence-electron chi connectivity index (χ1n) is 4.14. The molecule has 66 valence electrons. The van der Waals surface area contributed by atoms with E-state index in [9.17, 15) is 0 Å². The molecule has 12 heavy (non-hydrogen) atoms. The van der Waals surface area contributed by atoms with Gasteiger partial charge in [0.1, 0.15) is 0 Å². The summed E-state index contributed by atoms with van der Waals surface area (Å²) in [6.45, 7) is 2.14. The summed E-state index contributed by atoms with van der Waals surface area (Å²) < 4.78 is 0. The van der Waals surface area contributed by atoms with Crippen LogP contribution >= 0.6 is 11.6 Å². The number of benzene rings is 1. The Balaban J connectivity index is 2.69. The van der Waals surface area contributed by atoms with E-state index in [2.05, 4.69) is 18.3 Å². The van der Waals surface area contributed by atoms with Crippen LogP contribution in [0.2, 0.25) is 5.02 Å². The molecule has 1 aromatic rings. The van der Waals surface area contributed by atoms with E-state index in [-0.39, 0.29) is 0 Å². The third-order valence-corrected chi connectivity index (χ3v) is 2.35. The zero-order valence-corrected chi connectivity index (χ0v) is 8.23. The maximum absolute atomic E-state index is 6.00. The molecule has 1 aromatic carbocycles. The van der Waals surface area contributed by atoms with Gasteiger partial charge >= 0.3 is 0 Å². The van der Waals surface area contributed by atoms with Crippen molar-refractivity contribution in [2.45, 2.75) is 19.4 Å². The van der Waals surface area contributed by atoms with E-state index in [0.29, 0.717) is 6.04 Å². The Morgan fingerprint density at radius 1 is 1.42 bits per heavy atom. The van der Waals surface area contributed by atoms with Crippen molar-refractivity contribution >= 4 is 11.6 Å². The molecule has 0 heterocycles. The van der Waals surface area contributed by atoms with Gasteiger partial charge in [-0.05, 0) is 32.0 Å². The Morgan fingerprint density at radius 3 is 2.67 bits per heavy atom. The summed E-state index contributed by atoms with van der Waals surface area (Å²) in [6, 6.07) is 8.44. The van der Waals surface area contributed by atoms with Gasteiger partial charge in [0.2, 0.25) is 0 Å². The van der Waals surface area contributed by atoms with Crippen LogP contribution in [0.5, 0.6) is 0 Å². The number of likely N-dealkylation sites (N-methyl/N-ethyl adjacent to an activating group) is 1. The van der Waals surface area contributed by atoms with Crippen LogP contribution in [0, 0.1) is 0 Å². The van der Waals surface area contributed by atoms with E-state index < -0.39 is 0 Å². The molecular weight excluding hydrogens is 170 g/mol. The lowest BCUT2D eigenvalue weighted by molar-refractivity contribution is 0.608. The summed E-state index contributed by atoms with van der Waals surface area (Å²) in [5, 5.41) is 4.04. The molecule has 0 radical (unpaired) electrons. The second-order valence-corrected chi connectivity index (χ2v) is 3.39. The van der Waals surface area contributed by atoms with E-state index in [1.54, 1.807) is 0 Å². The topological polar surface area (TPSA) is 12.0 Å². The predicted molar refractivity (Wildman–Crippen MR) is 53.7 cm³/mol. The largest absolute Gasteiger partial charge is 0.317 e. The van der Waals surface area contributed by atoms with Gasteiger partial charge in [-0.3, -0.25) is 0 Å². The molecule has 0 fully saturated rings. The van der Waals surface area contributed by atoms with Crippen LogP contribution in [0.1, 0.15) is 12.5 Å². The van der Waals surface area contributed by atoms with E-state index in [1.165, 1.54) is 5.56 Å². The van der Waals surface area contributed by atoms with Crippen LogP contribution < -0.4 is 5.32 Å². The second kappa shape index (κ2) is 4.48. The normalized spacial score (nSPS) is 12.9. The molecular formula is C10H14ClN. The van der Waals surface area contributed by atoms with Crippen LogP contribution in [-0.4, -0.2) is 13.1 Å². The Kier molecular flexibility index (Phi) is 3.57. The second-order valence-electron chi connectivity index (χ2n) is 2.99. The molecule has 0 aliphatic carbocycles.